The lowest BCUT2D eigenvalue weighted by atomic mass is 10.2. The molecule has 0 unspecified atom stereocenters. The van der Waals surface area contributed by atoms with Gasteiger partial charge in [-0.1, -0.05) is 46.0 Å². The number of hydrogen-bond donors (Lipinski definition) is 0. The number of aromatic nitrogens is 4. The Kier molecular flexibility index (Phi) is 6.77. The van der Waals surface area contributed by atoms with E-state index in [0.717, 1.165) is 18.8 Å². The first kappa shape index (κ1) is 13.1. The zero-order valence-electron chi connectivity index (χ0n) is 10.7. The Hall–Kier alpha value is -0.930. The molecule has 0 saturated heterocycles. The van der Waals surface area contributed by atoms with Gasteiger partial charge in [0.25, 0.3) is 0 Å². The van der Waals surface area contributed by atoms with E-state index in [0.29, 0.717) is 0 Å². The standard InChI is InChI=1S/C12H24N4/c1-3-5-7-9-11-16-14-12(13-15-16)10-8-6-4-2/h3-11H2,1-2H3. The molecule has 1 heterocycles. The van der Waals surface area contributed by atoms with Crippen molar-refractivity contribution in [3.05, 3.63) is 5.82 Å². The van der Waals surface area contributed by atoms with Gasteiger partial charge in [0.05, 0.1) is 6.54 Å². The maximum atomic E-state index is 4.37. The summed E-state index contributed by atoms with van der Waals surface area (Å²) in [6, 6.07) is 0. The van der Waals surface area contributed by atoms with Crippen LogP contribution in [0.4, 0.5) is 0 Å². The second-order valence-electron chi connectivity index (χ2n) is 4.32. The van der Waals surface area contributed by atoms with Crippen molar-refractivity contribution in [3.8, 4) is 0 Å². The van der Waals surface area contributed by atoms with Crippen LogP contribution < -0.4 is 0 Å². The topological polar surface area (TPSA) is 43.6 Å². The molecule has 0 fully saturated rings. The molecule has 0 aromatic carbocycles. The lowest BCUT2D eigenvalue weighted by Gasteiger charge is -1.97. The van der Waals surface area contributed by atoms with Gasteiger partial charge in [-0.2, -0.15) is 4.80 Å². The second kappa shape index (κ2) is 8.25. The molecular formula is C12H24N4. The SMILES string of the molecule is CCCCCCn1nnc(CCCCC)n1. The molecule has 0 N–H and O–H groups in total. The van der Waals surface area contributed by atoms with Crippen LogP contribution in [0.25, 0.3) is 0 Å². The molecular weight excluding hydrogens is 200 g/mol. The van der Waals surface area contributed by atoms with Gasteiger partial charge >= 0.3 is 0 Å². The minimum absolute atomic E-state index is 0.906. The van der Waals surface area contributed by atoms with Gasteiger partial charge in [0.2, 0.25) is 0 Å². The van der Waals surface area contributed by atoms with Gasteiger partial charge in [-0.15, -0.1) is 10.2 Å². The van der Waals surface area contributed by atoms with Crippen LogP contribution in [0.5, 0.6) is 0 Å². The highest BCUT2D eigenvalue weighted by molar-refractivity contribution is 4.76. The minimum atomic E-state index is 0.906. The fourth-order valence-electron chi connectivity index (χ4n) is 1.68. The maximum Gasteiger partial charge on any atom is 0.174 e. The van der Waals surface area contributed by atoms with E-state index in [-0.39, 0.29) is 0 Å². The van der Waals surface area contributed by atoms with Gasteiger partial charge in [-0.3, -0.25) is 0 Å². The monoisotopic (exact) mass is 224 g/mol. The zero-order chi connectivity index (χ0) is 11.6. The predicted octanol–water partition coefficient (Wildman–Crippen LogP) is 2.99. The molecule has 4 nitrogen and oxygen atoms in total. The Morgan fingerprint density at radius 2 is 1.69 bits per heavy atom. The average molecular weight is 224 g/mol. The quantitative estimate of drug-likeness (QED) is 0.606. The van der Waals surface area contributed by atoms with Crippen molar-refractivity contribution in [2.45, 2.75) is 71.8 Å². The summed E-state index contributed by atoms with van der Waals surface area (Å²) in [5.74, 6) is 0.906. The Morgan fingerprint density at radius 1 is 0.938 bits per heavy atom. The molecule has 0 saturated carbocycles. The molecule has 1 aromatic rings. The van der Waals surface area contributed by atoms with Crippen molar-refractivity contribution >= 4 is 0 Å². The summed E-state index contributed by atoms with van der Waals surface area (Å²) in [6.07, 6.45) is 9.66. The number of rotatable bonds is 9. The van der Waals surface area contributed by atoms with Gasteiger partial charge in [-0.05, 0) is 18.1 Å². The normalized spacial score (nSPS) is 10.9. The summed E-state index contributed by atoms with van der Waals surface area (Å²) in [4.78, 5) is 1.75. The molecule has 0 aliphatic rings. The molecule has 0 aliphatic heterocycles. The molecule has 0 amide bonds. The first-order chi connectivity index (χ1) is 7.86. The summed E-state index contributed by atoms with van der Waals surface area (Å²) in [5.41, 5.74) is 0. The van der Waals surface area contributed by atoms with Crippen LogP contribution in [0.3, 0.4) is 0 Å². The fourth-order valence-corrected chi connectivity index (χ4v) is 1.68. The predicted molar refractivity (Wildman–Crippen MR) is 65.2 cm³/mol. The Balaban J connectivity index is 2.17. The molecule has 1 rings (SSSR count). The van der Waals surface area contributed by atoms with Crippen molar-refractivity contribution in [2.24, 2.45) is 0 Å². The van der Waals surface area contributed by atoms with Crippen LogP contribution in [0.2, 0.25) is 0 Å². The lowest BCUT2D eigenvalue weighted by molar-refractivity contribution is 0.478. The van der Waals surface area contributed by atoms with E-state index in [9.17, 15) is 0 Å². The van der Waals surface area contributed by atoms with E-state index in [1.165, 1.54) is 44.9 Å². The smallest absolute Gasteiger partial charge is 0.164 e. The van der Waals surface area contributed by atoms with E-state index in [1.54, 1.807) is 4.80 Å². The van der Waals surface area contributed by atoms with Crippen LogP contribution in [0.1, 0.15) is 64.6 Å². The molecule has 0 radical (unpaired) electrons. The summed E-state index contributed by atoms with van der Waals surface area (Å²) in [5, 5.41) is 12.5. The first-order valence-electron chi connectivity index (χ1n) is 6.63. The summed E-state index contributed by atoms with van der Waals surface area (Å²) >= 11 is 0. The molecule has 16 heavy (non-hydrogen) atoms. The van der Waals surface area contributed by atoms with Crippen LogP contribution >= 0.6 is 0 Å². The van der Waals surface area contributed by atoms with Crippen LogP contribution in [-0.2, 0) is 13.0 Å². The number of hydrogen-bond acceptors (Lipinski definition) is 3. The fraction of sp³-hybridized carbons (Fsp3) is 0.917. The van der Waals surface area contributed by atoms with E-state index < -0.39 is 0 Å². The second-order valence-corrected chi connectivity index (χ2v) is 4.32. The number of tetrazole rings is 1. The van der Waals surface area contributed by atoms with Crippen LogP contribution in [0.15, 0.2) is 0 Å². The largest absolute Gasteiger partial charge is 0.174 e. The highest BCUT2D eigenvalue weighted by Gasteiger charge is 2.01. The third kappa shape index (κ3) is 5.24. The first-order valence-corrected chi connectivity index (χ1v) is 6.63. The molecule has 0 spiro atoms. The molecule has 0 bridgehead atoms. The average Bonchev–Trinajstić information content (AvgIpc) is 2.73. The van der Waals surface area contributed by atoms with Crippen molar-refractivity contribution in [2.75, 3.05) is 0 Å². The summed E-state index contributed by atoms with van der Waals surface area (Å²) in [7, 11) is 0. The highest BCUT2D eigenvalue weighted by Crippen LogP contribution is 2.02. The van der Waals surface area contributed by atoms with E-state index in [1.807, 2.05) is 0 Å². The Labute approximate surface area is 98.4 Å². The van der Waals surface area contributed by atoms with Gasteiger partial charge in [-0.25, -0.2) is 0 Å². The van der Waals surface area contributed by atoms with E-state index >= 15 is 0 Å². The third-order valence-corrected chi connectivity index (χ3v) is 2.71. The summed E-state index contributed by atoms with van der Waals surface area (Å²) in [6.45, 7) is 5.35. The molecule has 92 valence electrons. The van der Waals surface area contributed by atoms with Crippen LogP contribution in [-0.4, -0.2) is 20.2 Å². The minimum Gasteiger partial charge on any atom is -0.164 e. The van der Waals surface area contributed by atoms with Crippen LogP contribution in [0, 0.1) is 0 Å². The zero-order valence-corrected chi connectivity index (χ0v) is 10.7. The highest BCUT2D eigenvalue weighted by atomic mass is 15.6. The summed E-state index contributed by atoms with van der Waals surface area (Å²) < 4.78 is 0. The van der Waals surface area contributed by atoms with Crippen molar-refractivity contribution in [1.29, 1.82) is 0 Å². The van der Waals surface area contributed by atoms with Crippen molar-refractivity contribution in [3.63, 3.8) is 0 Å². The lowest BCUT2D eigenvalue weighted by Crippen LogP contribution is -2.03. The number of nitrogens with zero attached hydrogens (tertiary/aromatic N) is 4. The van der Waals surface area contributed by atoms with Crippen molar-refractivity contribution < 1.29 is 0 Å². The molecule has 1 aromatic heterocycles. The van der Waals surface area contributed by atoms with Crippen molar-refractivity contribution in [1.82, 2.24) is 20.2 Å². The van der Waals surface area contributed by atoms with E-state index in [4.69, 9.17) is 0 Å². The molecule has 4 heteroatoms. The van der Waals surface area contributed by atoms with Gasteiger partial charge < -0.3 is 0 Å². The van der Waals surface area contributed by atoms with Gasteiger partial charge in [0.1, 0.15) is 0 Å². The number of aryl methyl sites for hydroxylation is 2. The third-order valence-electron chi connectivity index (χ3n) is 2.71. The maximum absolute atomic E-state index is 4.37. The van der Waals surface area contributed by atoms with Gasteiger partial charge in [0, 0.05) is 6.42 Å². The number of unbranched alkanes of at least 4 members (excludes halogenated alkanes) is 5. The Bertz CT molecular complexity index is 270. The van der Waals surface area contributed by atoms with Gasteiger partial charge in [0.15, 0.2) is 5.82 Å². The van der Waals surface area contributed by atoms with E-state index in [2.05, 4.69) is 29.3 Å². The molecule has 0 atom stereocenters. The molecule has 0 aliphatic carbocycles. The Morgan fingerprint density at radius 3 is 2.44 bits per heavy atom.